The third kappa shape index (κ3) is 6.10. The maximum absolute atomic E-state index is 12.0. The number of benzene rings is 1. The highest BCUT2D eigenvalue weighted by Crippen LogP contribution is 2.20. The molecular formula is C18H31N3O2. The number of amides is 1. The first-order chi connectivity index (χ1) is 10.7. The van der Waals surface area contributed by atoms with Crippen LogP contribution >= 0.6 is 0 Å². The molecule has 2 unspecified atom stereocenters. The van der Waals surface area contributed by atoms with Gasteiger partial charge in [-0.05, 0) is 59.2 Å². The van der Waals surface area contributed by atoms with Gasteiger partial charge in [0.1, 0.15) is 5.60 Å². The molecule has 5 nitrogen and oxygen atoms in total. The number of aryl methyl sites for hydroxylation is 1. The summed E-state index contributed by atoms with van der Waals surface area (Å²) in [7, 11) is 0. The van der Waals surface area contributed by atoms with Crippen LogP contribution in [0, 0.1) is 6.92 Å². The molecule has 1 aromatic carbocycles. The molecule has 0 aromatic heterocycles. The van der Waals surface area contributed by atoms with Crippen LogP contribution in [0.1, 0.15) is 40.2 Å². The lowest BCUT2D eigenvalue weighted by atomic mass is 10.1. The zero-order valence-electron chi connectivity index (χ0n) is 15.2. The number of nitrogens with two attached hydrogens (primary N) is 1. The van der Waals surface area contributed by atoms with Crippen molar-refractivity contribution >= 4 is 11.8 Å². The maximum Gasteiger partial charge on any atom is 0.407 e. The SMILES string of the molecule is CCN(c1cccc(C)c1)C(CN)C(C)NC(=O)OC(C)(C)C. The minimum absolute atomic E-state index is 0.00526. The van der Waals surface area contributed by atoms with E-state index in [0.717, 1.165) is 12.2 Å². The smallest absolute Gasteiger partial charge is 0.407 e. The van der Waals surface area contributed by atoms with Crippen LogP contribution in [0.2, 0.25) is 0 Å². The average Bonchev–Trinajstić information content (AvgIpc) is 2.42. The number of rotatable bonds is 6. The second-order valence-electron chi connectivity index (χ2n) is 6.86. The fourth-order valence-corrected chi connectivity index (χ4v) is 2.61. The van der Waals surface area contributed by atoms with Gasteiger partial charge in [0.15, 0.2) is 0 Å². The molecule has 1 rings (SSSR count). The third-order valence-electron chi connectivity index (χ3n) is 3.64. The van der Waals surface area contributed by atoms with Gasteiger partial charge < -0.3 is 20.7 Å². The first kappa shape index (κ1) is 19.3. The molecule has 0 radical (unpaired) electrons. The summed E-state index contributed by atoms with van der Waals surface area (Å²) in [6.07, 6.45) is -0.413. The summed E-state index contributed by atoms with van der Waals surface area (Å²) >= 11 is 0. The minimum Gasteiger partial charge on any atom is -0.444 e. The van der Waals surface area contributed by atoms with Crippen molar-refractivity contribution in [3.63, 3.8) is 0 Å². The number of nitrogens with one attached hydrogen (secondary N) is 1. The molecule has 1 amide bonds. The quantitative estimate of drug-likeness (QED) is 0.845. The van der Waals surface area contributed by atoms with Gasteiger partial charge in [0.05, 0.1) is 12.1 Å². The van der Waals surface area contributed by atoms with Gasteiger partial charge in [-0.3, -0.25) is 0 Å². The van der Waals surface area contributed by atoms with Crippen LogP contribution in [0.3, 0.4) is 0 Å². The highest BCUT2D eigenvalue weighted by atomic mass is 16.6. The molecule has 0 heterocycles. The topological polar surface area (TPSA) is 67.6 Å². The molecule has 0 saturated heterocycles. The van der Waals surface area contributed by atoms with Crippen LogP contribution in [0.4, 0.5) is 10.5 Å². The summed E-state index contributed by atoms with van der Waals surface area (Å²) in [5, 5.41) is 2.90. The van der Waals surface area contributed by atoms with Gasteiger partial charge in [-0.1, -0.05) is 12.1 Å². The van der Waals surface area contributed by atoms with Crippen LogP contribution in [0.5, 0.6) is 0 Å². The number of carbonyl (C=O) groups is 1. The largest absolute Gasteiger partial charge is 0.444 e. The Balaban J connectivity index is 2.85. The number of anilines is 1. The van der Waals surface area contributed by atoms with E-state index in [1.807, 2.05) is 33.8 Å². The fraction of sp³-hybridized carbons (Fsp3) is 0.611. The second-order valence-corrected chi connectivity index (χ2v) is 6.86. The third-order valence-corrected chi connectivity index (χ3v) is 3.64. The molecule has 0 aliphatic rings. The Labute approximate surface area is 140 Å². The summed E-state index contributed by atoms with van der Waals surface area (Å²) in [5.41, 5.74) is 7.79. The maximum atomic E-state index is 12.0. The van der Waals surface area contributed by atoms with Crippen molar-refractivity contribution in [3.8, 4) is 0 Å². The van der Waals surface area contributed by atoms with Gasteiger partial charge in [-0.2, -0.15) is 0 Å². The van der Waals surface area contributed by atoms with E-state index in [0.29, 0.717) is 6.54 Å². The molecule has 0 saturated carbocycles. The Morgan fingerprint density at radius 2 is 2.04 bits per heavy atom. The van der Waals surface area contributed by atoms with Crippen LogP contribution in [0.15, 0.2) is 24.3 Å². The predicted octanol–water partition coefficient (Wildman–Crippen LogP) is 3.06. The molecule has 0 aliphatic carbocycles. The number of nitrogens with zero attached hydrogens (tertiary/aromatic N) is 1. The molecule has 0 aliphatic heterocycles. The monoisotopic (exact) mass is 321 g/mol. The van der Waals surface area contributed by atoms with Crippen LogP contribution in [-0.4, -0.2) is 36.9 Å². The molecule has 0 spiro atoms. The summed E-state index contributed by atoms with van der Waals surface area (Å²) in [4.78, 5) is 14.2. The van der Waals surface area contributed by atoms with Gasteiger partial charge in [-0.25, -0.2) is 4.79 Å². The average molecular weight is 321 g/mol. The van der Waals surface area contributed by atoms with Gasteiger partial charge in [-0.15, -0.1) is 0 Å². The van der Waals surface area contributed by atoms with E-state index >= 15 is 0 Å². The highest BCUT2D eigenvalue weighted by Gasteiger charge is 2.26. The van der Waals surface area contributed by atoms with Crippen molar-refractivity contribution < 1.29 is 9.53 Å². The second kappa shape index (κ2) is 8.20. The number of hydrogen-bond acceptors (Lipinski definition) is 4. The first-order valence-corrected chi connectivity index (χ1v) is 8.20. The van der Waals surface area contributed by atoms with E-state index in [2.05, 4.69) is 42.3 Å². The molecule has 5 heteroatoms. The lowest BCUT2D eigenvalue weighted by Crippen LogP contribution is -2.54. The normalized spacial score (nSPS) is 14.0. The standard InChI is InChI=1S/C18H31N3O2/c1-7-21(15-10-8-9-13(2)11-15)16(12-19)14(3)20-17(22)23-18(4,5)6/h8-11,14,16H,7,12,19H2,1-6H3,(H,20,22). The van der Waals surface area contributed by atoms with Crippen molar-refractivity contribution in [2.45, 2.75) is 59.2 Å². The Hall–Kier alpha value is -1.75. The molecule has 0 bridgehead atoms. The van der Waals surface area contributed by atoms with Gasteiger partial charge in [0.25, 0.3) is 0 Å². The van der Waals surface area contributed by atoms with Crippen molar-refractivity contribution in [1.82, 2.24) is 5.32 Å². The summed E-state index contributed by atoms with van der Waals surface area (Å²) in [5.74, 6) is 0. The van der Waals surface area contributed by atoms with E-state index in [-0.39, 0.29) is 12.1 Å². The van der Waals surface area contributed by atoms with Crippen LogP contribution < -0.4 is 16.0 Å². The lowest BCUT2D eigenvalue weighted by Gasteiger charge is -2.36. The van der Waals surface area contributed by atoms with Gasteiger partial charge in [0, 0.05) is 18.8 Å². The lowest BCUT2D eigenvalue weighted by molar-refractivity contribution is 0.0502. The zero-order valence-corrected chi connectivity index (χ0v) is 15.2. The molecule has 23 heavy (non-hydrogen) atoms. The zero-order chi connectivity index (χ0) is 17.6. The van der Waals surface area contributed by atoms with Crippen LogP contribution in [0.25, 0.3) is 0 Å². The van der Waals surface area contributed by atoms with Crippen molar-refractivity contribution in [1.29, 1.82) is 0 Å². The van der Waals surface area contributed by atoms with Gasteiger partial charge in [0.2, 0.25) is 0 Å². The molecule has 1 aromatic rings. The molecule has 130 valence electrons. The molecule has 3 N–H and O–H groups in total. The summed E-state index contributed by atoms with van der Waals surface area (Å²) < 4.78 is 5.33. The summed E-state index contributed by atoms with van der Waals surface area (Å²) in [6, 6.07) is 8.17. The minimum atomic E-state index is -0.511. The van der Waals surface area contributed by atoms with E-state index in [4.69, 9.17) is 10.5 Å². The highest BCUT2D eigenvalue weighted by molar-refractivity contribution is 5.68. The van der Waals surface area contributed by atoms with E-state index < -0.39 is 11.7 Å². The van der Waals surface area contributed by atoms with Gasteiger partial charge >= 0.3 is 6.09 Å². The molecule has 2 atom stereocenters. The number of alkyl carbamates (subject to hydrolysis) is 1. The van der Waals surface area contributed by atoms with E-state index in [1.54, 1.807) is 0 Å². The number of ether oxygens (including phenoxy) is 1. The van der Waals surface area contributed by atoms with E-state index in [1.165, 1.54) is 5.56 Å². The van der Waals surface area contributed by atoms with Crippen LogP contribution in [-0.2, 0) is 4.74 Å². The number of likely N-dealkylation sites (N-methyl/N-ethyl adjacent to an activating group) is 1. The predicted molar refractivity (Wildman–Crippen MR) is 95.9 cm³/mol. The number of hydrogen-bond donors (Lipinski definition) is 2. The Morgan fingerprint density at radius 3 is 2.52 bits per heavy atom. The number of carbonyl (C=O) groups excluding carboxylic acids is 1. The van der Waals surface area contributed by atoms with E-state index in [9.17, 15) is 4.79 Å². The molecule has 0 fully saturated rings. The Bertz CT molecular complexity index is 511. The van der Waals surface area contributed by atoms with Crippen molar-refractivity contribution in [2.24, 2.45) is 5.73 Å². The fourth-order valence-electron chi connectivity index (χ4n) is 2.61. The van der Waals surface area contributed by atoms with Crippen molar-refractivity contribution in [3.05, 3.63) is 29.8 Å². The summed E-state index contributed by atoms with van der Waals surface area (Å²) in [6.45, 7) is 12.9. The first-order valence-electron chi connectivity index (χ1n) is 8.20. The molecular weight excluding hydrogens is 290 g/mol. The van der Waals surface area contributed by atoms with Crippen molar-refractivity contribution in [2.75, 3.05) is 18.0 Å². The Morgan fingerprint density at radius 1 is 1.39 bits per heavy atom. The Kier molecular flexibility index (Phi) is 6.88.